The van der Waals surface area contributed by atoms with Gasteiger partial charge < -0.3 is 19.2 Å². The molecule has 0 atom stereocenters. The average molecular weight is 465 g/mol. The van der Waals surface area contributed by atoms with Crippen LogP contribution in [0, 0.1) is 0 Å². The molecule has 0 radical (unpaired) electrons. The summed E-state index contributed by atoms with van der Waals surface area (Å²) in [5.41, 5.74) is 2.57. The smallest absolute Gasteiger partial charge is 0.274 e. The van der Waals surface area contributed by atoms with Crippen molar-refractivity contribution in [2.24, 2.45) is 0 Å². The largest absolute Gasteiger partial charge is 0.445 e. The monoisotopic (exact) mass is 464 g/mol. The fourth-order valence-corrected chi connectivity index (χ4v) is 3.97. The number of nitrogens with one attached hydrogen (secondary N) is 1. The second-order valence-electron chi connectivity index (χ2n) is 7.55. The second-order valence-corrected chi connectivity index (χ2v) is 7.55. The number of amides is 1. The van der Waals surface area contributed by atoms with E-state index in [0.717, 1.165) is 67.6 Å². The van der Waals surface area contributed by atoms with Gasteiger partial charge in [-0.1, -0.05) is 6.07 Å². The van der Waals surface area contributed by atoms with Gasteiger partial charge in [-0.3, -0.25) is 9.78 Å². The lowest BCUT2D eigenvalue weighted by molar-refractivity contribution is 0.0722. The summed E-state index contributed by atoms with van der Waals surface area (Å²) in [6, 6.07) is 3.99. The first kappa shape index (κ1) is 23.2. The van der Waals surface area contributed by atoms with E-state index in [1.165, 1.54) is 0 Å². The molecular formula is C21H26Cl2N6O2. The maximum atomic E-state index is 13.0. The number of halogens is 2. The minimum Gasteiger partial charge on any atom is -0.445 e. The van der Waals surface area contributed by atoms with Crippen molar-refractivity contribution in [3.63, 3.8) is 0 Å². The summed E-state index contributed by atoms with van der Waals surface area (Å²) < 4.78 is 8.04. The van der Waals surface area contributed by atoms with Crippen molar-refractivity contribution in [3.8, 4) is 0 Å². The number of rotatable bonds is 4. The normalized spacial score (nSPS) is 15.2. The SMILES string of the molecule is Cl.Cl.O=C(c1cn2c(n1)CCNCC2)N1CCc2oc(CCc3cccnc3)nc2C1. The highest BCUT2D eigenvalue weighted by Gasteiger charge is 2.28. The summed E-state index contributed by atoms with van der Waals surface area (Å²) in [6.45, 7) is 3.77. The van der Waals surface area contributed by atoms with Gasteiger partial charge >= 0.3 is 0 Å². The zero-order valence-electron chi connectivity index (χ0n) is 17.1. The predicted molar refractivity (Wildman–Crippen MR) is 120 cm³/mol. The van der Waals surface area contributed by atoms with Gasteiger partial charge in [0.1, 0.15) is 23.0 Å². The minimum atomic E-state index is -0.0240. The fourth-order valence-electron chi connectivity index (χ4n) is 3.97. The molecule has 0 spiro atoms. The van der Waals surface area contributed by atoms with Gasteiger partial charge in [-0.15, -0.1) is 24.8 Å². The molecule has 1 N–H and O–H groups in total. The summed E-state index contributed by atoms with van der Waals surface area (Å²) >= 11 is 0. The summed E-state index contributed by atoms with van der Waals surface area (Å²) in [6.07, 6.45) is 8.64. The topological polar surface area (TPSA) is 89.1 Å². The predicted octanol–water partition coefficient (Wildman–Crippen LogP) is 2.24. The molecule has 1 amide bonds. The van der Waals surface area contributed by atoms with Crippen LogP contribution in [-0.4, -0.2) is 50.0 Å². The van der Waals surface area contributed by atoms with Crippen molar-refractivity contribution in [1.82, 2.24) is 29.7 Å². The number of aromatic nitrogens is 4. The number of imidazole rings is 1. The molecule has 10 heteroatoms. The Morgan fingerprint density at radius 1 is 1.13 bits per heavy atom. The molecule has 5 rings (SSSR count). The Balaban J connectivity index is 0.00000136. The van der Waals surface area contributed by atoms with Crippen LogP contribution in [-0.2, 0) is 38.8 Å². The minimum absolute atomic E-state index is 0. The molecule has 2 aliphatic heterocycles. The molecule has 3 aromatic rings. The molecule has 0 aliphatic carbocycles. The number of fused-ring (bicyclic) bond motifs is 2. The molecule has 5 heterocycles. The van der Waals surface area contributed by atoms with Crippen LogP contribution in [0.4, 0.5) is 0 Å². The third-order valence-electron chi connectivity index (χ3n) is 5.54. The van der Waals surface area contributed by atoms with Crippen LogP contribution < -0.4 is 5.32 Å². The van der Waals surface area contributed by atoms with Crippen molar-refractivity contribution in [2.75, 3.05) is 19.6 Å². The van der Waals surface area contributed by atoms with Crippen molar-refractivity contribution < 1.29 is 9.21 Å². The Morgan fingerprint density at radius 2 is 2.03 bits per heavy atom. The summed E-state index contributed by atoms with van der Waals surface area (Å²) in [7, 11) is 0. The Kier molecular flexibility index (Phi) is 7.69. The van der Waals surface area contributed by atoms with Crippen molar-refractivity contribution >= 4 is 30.7 Å². The highest BCUT2D eigenvalue weighted by atomic mass is 35.5. The fraction of sp³-hybridized carbons (Fsp3) is 0.429. The number of oxazole rings is 1. The number of nitrogens with zero attached hydrogens (tertiary/aromatic N) is 5. The van der Waals surface area contributed by atoms with E-state index in [1.54, 1.807) is 6.20 Å². The number of aryl methyl sites for hydroxylation is 2. The quantitative estimate of drug-likeness (QED) is 0.636. The molecule has 0 aromatic carbocycles. The van der Waals surface area contributed by atoms with E-state index in [2.05, 4.69) is 30.9 Å². The van der Waals surface area contributed by atoms with Crippen LogP contribution in [0.25, 0.3) is 0 Å². The number of hydrogen-bond donors (Lipinski definition) is 1. The third-order valence-corrected chi connectivity index (χ3v) is 5.54. The molecule has 8 nitrogen and oxygen atoms in total. The molecule has 3 aromatic heterocycles. The highest BCUT2D eigenvalue weighted by Crippen LogP contribution is 2.22. The first-order valence-corrected chi connectivity index (χ1v) is 10.2. The molecule has 2 aliphatic rings. The number of carbonyl (C=O) groups excluding carboxylic acids is 1. The Bertz CT molecular complexity index is 997. The van der Waals surface area contributed by atoms with Crippen LogP contribution in [0.15, 0.2) is 35.1 Å². The average Bonchev–Trinajstić information content (AvgIpc) is 3.29. The lowest BCUT2D eigenvalue weighted by Crippen LogP contribution is -2.36. The Hall–Kier alpha value is -2.42. The first-order valence-electron chi connectivity index (χ1n) is 10.2. The van der Waals surface area contributed by atoms with Crippen LogP contribution in [0.2, 0.25) is 0 Å². The van der Waals surface area contributed by atoms with Crippen molar-refractivity contribution in [3.05, 3.63) is 65.1 Å². The van der Waals surface area contributed by atoms with Gasteiger partial charge in [0.2, 0.25) is 0 Å². The maximum absolute atomic E-state index is 13.0. The zero-order valence-corrected chi connectivity index (χ0v) is 18.8. The van der Waals surface area contributed by atoms with Crippen LogP contribution in [0.3, 0.4) is 0 Å². The van der Waals surface area contributed by atoms with E-state index in [9.17, 15) is 4.79 Å². The summed E-state index contributed by atoms with van der Waals surface area (Å²) in [5.74, 6) is 2.59. The van der Waals surface area contributed by atoms with Crippen LogP contribution >= 0.6 is 24.8 Å². The van der Waals surface area contributed by atoms with Crippen molar-refractivity contribution in [2.45, 2.75) is 38.8 Å². The molecule has 166 valence electrons. The second kappa shape index (κ2) is 10.3. The molecule has 0 bridgehead atoms. The van der Waals surface area contributed by atoms with Crippen molar-refractivity contribution in [1.29, 1.82) is 0 Å². The molecule has 0 saturated heterocycles. The molecule has 0 saturated carbocycles. The van der Waals surface area contributed by atoms with E-state index in [-0.39, 0.29) is 30.7 Å². The Labute approximate surface area is 193 Å². The van der Waals surface area contributed by atoms with E-state index >= 15 is 0 Å². The Morgan fingerprint density at radius 3 is 2.87 bits per heavy atom. The van der Waals surface area contributed by atoms with E-state index in [0.29, 0.717) is 25.2 Å². The van der Waals surface area contributed by atoms with Gasteiger partial charge in [0.05, 0.1) is 6.54 Å². The van der Waals surface area contributed by atoms with Gasteiger partial charge in [0.25, 0.3) is 5.91 Å². The van der Waals surface area contributed by atoms with Crippen LogP contribution in [0.5, 0.6) is 0 Å². The van der Waals surface area contributed by atoms with Gasteiger partial charge in [-0.2, -0.15) is 0 Å². The van der Waals surface area contributed by atoms with Gasteiger partial charge in [0, 0.05) is 64.0 Å². The molecule has 0 unspecified atom stereocenters. The third kappa shape index (κ3) is 5.08. The molecular weight excluding hydrogens is 439 g/mol. The first-order chi connectivity index (χ1) is 14.3. The molecule has 0 fully saturated rings. The summed E-state index contributed by atoms with van der Waals surface area (Å²) in [4.78, 5) is 28.2. The lowest BCUT2D eigenvalue weighted by Gasteiger charge is -2.24. The standard InChI is InChI=1S/C21H24N6O2.2ClH/c28-21(17-14-26-11-9-22-8-5-19(26)24-17)27-10-6-18-16(13-27)25-20(29-18)4-3-15-2-1-7-23-12-15;;/h1-2,7,12,14,22H,3-6,8-11,13H2;2*1H. The van der Waals surface area contributed by atoms with Gasteiger partial charge in [-0.25, -0.2) is 9.97 Å². The number of carbonyl (C=O) groups is 1. The maximum Gasteiger partial charge on any atom is 0.274 e. The van der Waals surface area contributed by atoms with Gasteiger partial charge in [-0.05, 0) is 18.1 Å². The van der Waals surface area contributed by atoms with E-state index < -0.39 is 0 Å². The van der Waals surface area contributed by atoms with E-state index in [1.807, 2.05) is 23.4 Å². The van der Waals surface area contributed by atoms with Crippen LogP contribution in [0.1, 0.15) is 39.2 Å². The zero-order chi connectivity index (χ0) is 19.6. The molecule has 31 heavy (non-hydrogen) atoms. The summed E-state index contributed by atoms with van der Waals surface area (Å²) in [5, 5.41) is 3.35. The number of pyridine rings is 1. The highest BCUT2D eigenvalue weighted by molar-refractivity contribution is 5.92. The van der Waals surface area contributed by atoms with Gasteiger partial charge in [0.15, 0.2) is 5.89 Å². The van der Waals surface area contributed by atoms with E-state index in [4.69, 9.17) is 4.42 Å². The number of hydrogen-bond acceptors (Lipinski definition) is 6. The lowest BCUT2D eigenvalue weighted by atomic mass is 10.1.